The fourth-order valence-electron chi connectivity index (χ4n) is 1.36. The Balaban J connectivity index is 2.52. The first-order valence-corrected chi connectivity index (χ1v) is 4.76. The van der Waals surface area contributed by atoms with Crippen LogP contribution in [0.4, 0.5) is 0 Å². The van der Waals surface area contributed by atoms with E-state index in [9.17, 15) is 9.90 Å². The summed E-state index contributed by atoms with van der Waals surface area (Å²) in [6, 6.07) is 9.26. The standard InChI is InChI=1S/C11H15NO3/c12-11(15,7-6-10(13)14)8-9-4-2-1-3-5-9/h1-5,15H,6-8,12H2,(H,13,14). The molecule has 0 spiro atoms. The largest absolute Gasteiger partial charge is 0.481 e. The van der Waals surface area contributed by atoms with Gasteiger partial charge in [0.2, 0.25) is 0 Å². The molecule has 0 amide bonds. The van der Waals surface area contributed by atoms with Gasteiger partial charge in [-0.2, -0.15) is 0 Å². The molecule has 1 unspecified atom stereocenters. The molecule has 1 rings (SSSR count). The zero-order valence-corrected chi connectivity index (χ0v) is 8.39. The molecule has 0 saturated heterocycles. The van der Waals surface area contributed by atoms with Crippen LogP contribution in [-0.4, -0.2) is 21.9 Å². The molecule has 4 heteroatoms. The van der Waals surface area contributed by atoms with E-state index < -0.39 is 11.7 Å². The zero-order chi connectivity index (χ0) is 11.3. The van der Waals surface area contributed by atoms with Crippen LogP contribution in [0.5, 0.6) is 0 Å². The smallest absolute Gasteiger partial charge is 0.303 e. The lowest BCUT2D eigenvalue weighted by atomic mass is 9.99. The van der Waals surface area contributed by atoms with Crippen molar-refractivity contribution in [2.45, 2.75) is 25.0 Å². The summed E-state index contributed by atoms with van der Waals surface area (Å²) in [5.74, 6) is -0.952. The van der Waals surface area contributed by atoms with Crippen molar-refractivity contribution < 1.29 is 15.0 Å². The van der Waals surface area contributed by atoms with Crippen molar-refractivity contribution in [2.24, 2.45) is 5.73 Å². The van der Waals surface area contributed by atoms with Gasteiger partial charge in [0, 0.05) is 19.3 Å². The molecule has 0 aromatic heterocycles. The number of rotatable bonds is 5. The van der Waals surface area contributed by atoms with Gasteiger partial charge < -0.3 is 15.9 Å². The van der Waals surface area contributed by atoms with Crippen LogP contribution in [0.2, 0.25) is 0 Å². The minimum absolute atomic E-state index is 0.0528. The van der Waals surface area contributed by atoms with E-state index in [1.165, 1.54) is 0 Å². The second-order valence-electron chi connectivity index (χ2n) is 3.66. The number of aliphatic hydroxyl groups is 1. The van der Waals surface area contributed by atoms with Crippen LogP contribution in [0.3, 0.4) is 0 Å². The van der Waals surface area contributed by atoms with Crippen LogP contribution in [0.1, 0.15) is 18.4 Å². The molecule has 0 bridgehead atoms. The van der Waals surface area contributed by atoms with Gasteiger partial charge in [0.15, 0.2) is 0 Å². The second kappa shape index (κ2) is 4.91. The first-order valence-electron chi connectivity index (χ1n) is 4.76. The highest BCUT2D eigenvalue weighted by atomic mass is 16.4. The van der Waals surface area contributed by atoms with Gasteiger partial charge in [-0.15, -0.1) is 0 Å². The summed E-state index contributed by atoms with van der Waals surface area (Å²) in [4.78, 5) is 10.3. The molecular formula is C11H15NO3. The molecule has 4 nitrogen and oxygen atoms in total. The predicted octanol–water partition coefficient (Wildman–Crippen LogP) is 0.741. The van der Waals surface area contributed by atoms with Crippen molar-refractivity contribution in [2.75, 3.05) is 0 Å². The van der Waals surface area contributed by atoms with Crippen LogP contribution in [0.25, 0.3) is 0 Å². The second-order valence-corrected chi connectivity index (χ2v) is 3.66. The average Bonchev–Trinajstić information content (AvgIpc) is 2.16. The van der Waals surface area contributed by atoms with Crippen LogP contribution >= 0.6 is 0 Å². The van der Waals surface area contributed by atoms with E-state index >= 15 is 0 Å². The molecule has 0 heterocycles. The van der Waals surface area contributed by atoms with Crippen molar-refractivity contribution in [1.29, 1.82) is 0 Å². The van der Waals surface area contributed by atoms with E-state index in [1.807, 2.05) is 30.3 Å². The molecule has 0 aliphatic rings. The number of benzene rings is 1. The summed E-state index contributed by atoms with van der Waals surface area (Å²) < 4.78 is 0. The van der Waals surface area contributed by atoms with Gasteiger partial charge in [-0.25, -0.2) is 0 Å². The van der Waals surface area contributed by atoms with Crippen molar-refractivity contribution in [3.63, 3.8) is 0 Å². The Morgan fingerprint density at radius 3 is 2.47 bits per heavy atom. The molecule has 15 heavy (non-hydrogen) atoms. The molecule has 1 aromatic carbocycles. The summed E-state index contributed by atoms with van der Waals surface area (Å²) in [5, 5.41) is 18.2. The lowest BCUT2D eigenvalue weighted by Gasteiger charge is -2.22. The highest BCUT2D eigenvalue weighted by molar-refractivity contribution is 5.66. The van der Waals surface area contributed by atoms with Gasteiger partial charge in [0.1, 0.15) is 5.72 Å². The Morgan fingerprint density at radius 2 is 1.93 bits per heavy atom. The SMILES string of the molecule is NC(O)(CCC(=O)O)Cc1ccccc1. The van der Waals surface area contributed by atoms with E-state index in [4.69, 9.17) is 10.8 Å². The fourth-order valence-corrected chi connectivity index (χ4v) is 1.36. The first kappa shape index (κ1) is 11.7. The molecule has 0 fully saturated rings. The third kappa shape index (κ3) is 4.58. The van der Waals surface area contributed by atoms with E-state index in [0.717, 1.165) is 5.56 Å². The fraction of sp³-hybridized carbons (Fsp3) is 0.364. The highest BCUT2D eigenvalue weighted by Gasteiger charge is 2.22. The quantitative estimate of drug-likeness (QED) is 0.624. The zero-order valence-electron chi connectivity index (χ0n) is 8.39. The first-order chi connectivity index (χ1) is 6.99. The number of carboxylic acids is 1. The summed E-state index contributed by atoms with van der Waals surface area (Å²) in [6.07, 6.45) is 0.193. The topological polar surface area (TPSA) is 83.5 Å². The van der Waals surface area contributed by atoms with Gasteiger partial charge in [-0.3, -0.25) is 4.79 Å². The lowest BCUT2D eigenvalue weighted by molar-refractivity contribution is -0.138. The molecular weight excluding hydrogens is 194 g/mol. The maximum absolute atomic E-state index is 10.3. The molecule has 0 radical (unpaired) electrons. The van der Waals surface area contributed by atoms with E-state index in [-0.39, 0.29) is 19.3 Å². The average molecular weight is 209 g/mol. The van der Waals surface area contributed by atoms with Crippen molar-refractivity contribution in [1.82, 2.24) is 0 Å². The summed E-state index contributed by atoms with van der Waals surface area (Å²) in [7, 11) is 0. The molecule has 4 N–H and O–H groups in total. The number of carbonyl (C=O) groups is 1. The molecule has 82 valence electrons. The number of hydrogen-bond donors (Lipinski definition) is 3. The molecule has 0 aliphatic heterocycles. The number of nitrogens with two attached hydrogens (primary N) is 1. The summed E-state index contributed by atoms with van der Waals surface area (Å²) >= 11 is 0. The monoisotopic (exact) mass is 209 g/mol. The number of hydrogen-bond acceptors (Lipinski definition) is 3. The predicted molar refractivity (Wildman–Crippen MR) is 56.2 cm³/mol. The summed E-state index contributed by atoms with van der Waals surface area (Å²) in [6.45, 7) is 0. The summed E-state index contributed by atoms with van der Waals surface area (Å²) in [5.41, 5.74) is 5.04. The maximum atomic E-state index is 10.3. The van der Waals surface area contributed by atoms with Gasteiger partial charge in [0.05, 0.1) is 0 Å². The van der Waals surface area contributed by atoms with E-state index in [2.05, 4.69) is 0 Å². The van der Waals surface area contributed by atoms with Crippen molar-refractivity contribution in [3.05, 3.63) is 35.9 Å². The normalized spacial score (nSPS) is 14.5. The van der Waals surface area contributed by atoms with Gasteiger partial charge in [0.25, 0.3) is 0 Å². The Bertz CT molecular complexity index is 322. The van der Waals surface area contributed by atoms with Gasteiger partial charge >= 0.3 is 5.97 Å². The minimum Gasteiger partial charge on any atom is -0.481 e. The molecule has 1 atom stereocenters. The molecule has 0 aliphatic carbocycles. The lowest BCUT2D eigenvalue weighted by Crippen LogP contribution is -2.42. The maximum Gasteiger partial charge on any atom is 0.303 e. The van der Waals surface area contributed by atoms with Crippen molar-refractivity contribution >= 4 is 5.97 Å². The van der Waals surface area contributed by atoms with Crippen molar-refractivity contribution in [3.8, 4) is 0 Å². The van der Waals surface area contributed by atoms with Crippen LogP contribution in [0, 0.1) is 0 Å². The van der Waals surface area contributed by atoms with E-state index in [0.29, 0.717) is 0 Å². The van der Waals surface area contributed by atoms with Gasteiger partial charge in [-0.05, 0) is 5.56 Å². The van der Waals surface area contributed by atoms with Crippen LogP contribution in [-0.2, 0) is 11.2 Å². The van der Waals surface area contributed by atoms with E-state index in [1.54, 1.807) is 0 Å². The minimum atomic E-state index is -1.44. The molecule has 1 aromatic rings. The Morgan fingerprint density at radius 1 is 1.33 bits per heavy atom. The Kier molecular flexibility index (Phi) is 3.82. The van der Waals surface area contributed by atoms with Crippen LogP contribution in [0.15, 0.2) is 30.3 Å². The molecule has 0 saturated carbocycles. The number of carboxylic acid groups (broad SMARTS) is 1. The third-order valence-electron chi connectivity index (χ3n) is 2.12. The highest BCUT2D eigenvalue weighted by Crippen LogP contribution is 2.13. The Hall–Kier alpha value is -1.39. The van der Waals surface area contributed by atoms with Gasteiger partial charge in [-0.1, -0.05) is 30.3 Å². The van der Waals surface area contributed by atoms with Crippen LogP contribution < -0.4 is 5.73 Å². The Labute approximate surface area is 88.3 Å². The third-order valence-corrected chi connectivity index (χ3v) is 2.12. The number of aliphatic carboxylic acids is 1.